The van der Waals surface area contributed by atoms with E-state index in [4.69, 9.17) is 13.9 Å². The third kappa shape index (κ3) is 2.82. The van der Waals surface area contributed by atoms with Gasteiger partial charge in [0.1, 0.15) is 11.9 Å². The Hall–Kier alpha value is -2.96. The van der Waals surface area contributed by atoms with Gasteiger partial charge in [0.2, 0.25) is 0 Å². The first-order valence-corrected chi connectivity index (χ1v) is 11.8. The van der Waals surface area contributed by atoms with Crippen LogP contribution in [0.15, 0.2) is 45.8 Å². The van der Waals surface area contributed by atoms with E-state index in [-0.39, 0.29) is 24.4 Å². The van der Waals surface area contributed by atoms with Crippen LogP contribution in [-0.4, -0.2) is 30.6 Å². The van der Waals surface area contributed by atoms with Gasteiger partial charge in [-0.1, -0.05) is 26.3 Å². The standard InChI is InChI=1S/C27H30O7/c1-25(2)19(12-20(28)32-5)27(4)17-6-8-26(3)18(15(17)10-16(22(25)30)23(27)31)11-21(29)34-24(26)14-7-9-33-13-14/h7,9,11,13,16,19,24H,6,8,10,12H2,1-5H3/t16?,19?,24?,26-,27-/m1/s1. The van der Waals surface area contributed by atoms with Crippen molar-refractivity contribution in [2.24, 2.45) is 28.1 Å². The number of ketones is 2. The summed E-state index contributed by atoms with van der Waals surface area (Å²) < 4.78 is 16.0. The minimum Gasteiger partial charge on any atom is -0.472 e. The lowest BCUT2D eigenvalue weighted by Gasteiger charge is -2.58. The van der Waals surface area contributed by atoms with Gasteiger partial charge in [-0.2, -0.15) is 0 Å². The number of hydrogen-bond donors (Lipinski definition) is 0. The molecule has 0 amide bonds. The third-order valence-corrected chi connectivity index (χ3v) is 9.10. The number of Topliss-reactive ketones (excluding diaryl/α,β-unsaturated/α-hetero) is 2. The Bertz CT molecular complexity index is 1170. The Morgan fingerprint density at radius 3 is 2.53 bits per heavy atom. The maximum atomic E-state index is 13.8. The highest BCUT2D eigenvalue weighted by molar-refractivity contribution is 6.12. The molecule has 2 heterocycles. The van der Waals surface area contributed by atoms with E-state index in [1.54, 1.807) is 18.6 Å². The van der Waals surface area contributed by atoms with E-state index in [1.165, 1.54) is 13.2 Å². The highest BCUT2D eigenvalue weighted by atomic mass is 16.5. The summed E-state index contributed by atoms with van der Waals surface area (Å²) in [6.07, 6.45) is 5.71. The highest BCUT2D eigenvalue weighted by Crippen LogP contribution is 2.65. The van der Waals surface area contributed by atoms with Gasteiger partial charge in [0.05, 0.1) is 37.4 Å². The van der Waals surface area contributed by atoms with E-state index in [0.29, 0.717) is 12.8 Å². The molecule has 7 nitrogen and oxygen atoms in total. The second-order valence-corrected chi connectivity index (χ2v) is 11.0. The van der Waals surface area contributed by atoms with Crippen LogP contribution in [0.5, 0.6) is 0 Å². The molecule has 1 aliphatic heterocycles. The van der Waals surface area contributed by atoms with Crippen LogP contribution in [0.2, 0.25) is 0 Å². The van der Waals surface area contributed by atoms with Crippen molar-refractivity contribution in [3.8, 4) is 0 Å². The van der Waals surface area contributed by atoms with Gasteiger partial charge in [-0.25, -0.2) is 4.79 Å². The summed E-state index contributed by atoms with van der Waals surface area (Å²) in [5, 5.41) is 0. The van der Waals surface area contributed by atoms with Crippen molar-refractivity contribution in [1.82, 2.24) is 0 Å². The fourth-order valence-electron chi connectivity index (χ4n) is 7.22. The predicted octanol–water partition coefficient (Wildman–Crippen LogP) is 4.28. The molecule has 4 aliphatic rings. The number of fused-ring (bicyclic) bond motifs is 5. The lowest BCUT2D eigenvalue weighted by molar-refractivity contribution is -0.162. The van der Waals surface area contributed by atoms with Gasteiger partial charge in [-0.15, -0.1) is 0 Å². The number of carbonyl (C=O) groups excluding carboxylic acids is 4. The molecule has 0 saturated heterocycles. The van der Waals surface area contributed by atoms with Crippen molar-refractivity contribution in [1.29, 1.82) is 0 Å². The summed E-state index contributed by atoms with van der Waals surface area (Å²) >= 11 is 0. The van der Waals surface area contributed by atoms with Gasteiger partial charge in [0.25, 0.3) is 0 Å². The normalized spacial score (nSPS) is 36.3. The third-order valence-electron chi connectivity index (χ3n) is 9.10. The topological polar surface area (TPSA) is 99.9 Å². The Balaban J connectivity index is 1.70. The fourth-order valence-corrected chi connectivity index (χ4v) is 7.22. The number of carbonyl (C=O) groups is 4. The number of furan rings is 1. The van der Waals surface area contributed by atoms with Crippen LogP contribution in [0.1, 0.15) is 65.0 Å². The molecule has 0 N–H and O–H groups in total. The van der Waals surface area contributed by atoms with Crippen molar-refractivity contribution in [3.05, 3.63) is 47.0 Å². The van der Waals surface area contributed by atoms with Crippen LogP contribution in [0.25, 0.3) is 0 Å². The summed E-state index contributed by atoms with van der Waals surface area (Å²) in [6.45, 7) is 7.63. The summed E-state index contributed by atoms with van der Waals surface area (Å²) in [7, 11) is 1.32. The molecule has 0 aromatic carbocycles. The molecule has 180 valence electrons. The molecule has 3 aliphatic carbocycles. The number of cyclic esters (lactones) is 1. The van der Waals surface area contributed by atoms with Gasteiger partial charge in [-0.3, -0.25) is 14.4 Å². The first-order chi connectivity index (χ1) is 16.0. The van der Waals surface area contributed by atoms with Crippen LogP contribution in [0, 0.1) is 28.1 Å². The summed E-state index contributed by atoms with van der Waals surface area (Å²) in [5.74, 6) is -2.46. The molecular weight excluding hydrogens is 436 g/mol. The van der Waals surface area contributed by atoms with Crippen molar-refractivity contribution >= 4 is 23.5 Å². The van der Waals surface area contributed by atoms with Gasteiger partial charge < -0.3 is 13.9 Å². The smallest absolute Gasteiger partial charge is 0.331 e. The number of hydrogen-bond acceptors (Lipinski definition) is 7. The first-order valence-electron chi connectivity index (χ1n) is 11.8. The number of esters is 2. The maximum absolute atomic E-state index is 13.8. The Labute approximate surface area is 198 Å². The predicted molar refractivity (Wildman–Crippen MR) is 120 cm³/mol. The first kappa shape index (κ1) is 22.8. The van der Waals surface area contributed by atoms with Crippen LogP contribution < -0.4 is 0 Å². The number of ether oxygens (including phenoxy) is 2. The van der Waals surface area contributed by atoms with Gasteiger partial charge in [-0.05, 0) is 49.3 Å². The van der Waals surface area contributed by atoms with E-state index >= 15 is 0 Å². The Morgan fingerprint density at radius 1 is 1.15 bits per heavy atom. The molecule has 5 rings (SSSR count). The zero-order valence-corrected chi connectivity index (χ0v) is 20.2. The van der Waals surface area contributed by atoms with E-state index in [2.05, 4.69) is 6.92 Å². The van der Waals surface area contributed by atoms with Crippen molar-refractivity contribution in [2.45, 2.75) is 59.5 Å². The number of allylic oxidation sites excluding steroid dienone is 2. The molecule has 1 aromatic heterocycles. The Morgan fingerprint density at radius 2 is 1.88 bits per heavy atom. The van der Waals surface area contributed by atoms with Crippen LogP contribution in [0.4, 0.5) is 0 Å². The van der Waals surface area contributed by atoms with Gasteiger partial charge >= 0.3 is 11.9 Å². The monoisotopic (exact) mass is 466 g/mol. The number of rotatable bonds is 3. The largest absolute Gasteiger partial charge is 0.472 e. The molecule has 0 radical (unpaired) electrons. The quantitative estimate of drug-likeness (QED) is 0.484. The van der Waals surface area contributed by atoms with Gasteiger partial charge in [0, 0.05) is 22.5 Å². The van der Waals surface area contributed by atoms with Crippen molar-refractivity contribution in [2.75, 3.05) is 7.11 Å². The minimum absolute atomic E-state index is 0.0169. The lowest BCUT2D eigenvalue weighted by Crippen LogP contribution is -2.61. The average molecular weight is 467 g/mol. The zero-order chi connectivity index (χ0) is 24.6. The van der Waals surface area contributed by atoms with E-state index in [0.717, 1.165) is 22.3 Å². The van der Waals surface area contributed by atoms with Crippen molar-refractivity contribution in [3.63, 3.8) is 0 Å². The molecule has 0 spiro atoms. The number of methoxy groups -OCH3 is 1. The minimum atomic E-state index is -0.988. The second-order valence-electron chi connectivity index (χ2n) is 11.0. The molecule has 7 heteroatoms. The molecule has 1 fully saturated rings. The lowest BCUT2D eigenvalue weighted by atomic mass is 9.43. The Kier molecular flexibility index (Phi) is 4.88. The van der Waals surface area contributed by atoms with Crippen LogP contribution >= 0.6 is 0 Å². The van der Waals surface area contributed by atoms with E-state index in [9.17, 15) is 19.2 Å². The SMILES string of the molecule is COC(=O)CC1C(C)(C)C(=O)C2CC3=C(CC[C@]4(C)C3=CC(=O)OC4c3ccoc3)[C@@]1(C)C2=O. The summed E-state index contributed by atoms with van der Waals surface area (Å²) in [6, 6.07) is 1.80. The van der Waals surface area contributed by atoms with Crippen molar-refractivity contribution < 1.29 is 33.1 Å². The molecule has 34 heavy (non-hydrogen) atoms. The molecule has 2 bridgehead atoms. The zero-order valence-electron chi connectivity index (χ0n) is 20.2. The summed E-state index contributed by atoms with van der Waals surface area (Å²) in [4.78, 5) is 52.5. The maximum Gasteiger partial charge on any atom is 0.331 e. The molecule has 1 saturated carbocycles. The molecular formula is C27H30O7. The van der Waals surface area contributed by atoms with Crippen LogP contribution in [-0.2, 0) is 28.7 Å². The fraction of sp³-hybridized carbons (Fsp3) is 0.556. The van der Waals surface area contributed by atoms with E-state index in [1.807, 2.05) is 20.8 Å². The van der Waals surface area contributed by atoms with E-state index < -0.39 is 46.1 Å². The van der Waals surface area contributed by atoms with Crippen LogP contribution in [0.3, 0.4) is 0 Å². The van der Waals surface area contributed by atoms with Gasteiger partial charge in [0.15, 0.2) is 5.78 Å². The highest BCUT2D eigenvalue weighted by Gasteiger charge is 2.65. The molecule has 5 atom stereocenters. The molecule has 1 aromatic rings. The average Bonchev–Trinajstić information content (AvgIpc) is 3.32. The molecule has 3 unspecified atom stereocenters. The summed E-state index contributed by atoms with van der Waals surface area (Å²) in [5.41, 5.74) is 1.11. The second kappa shape index (κ2) is 7.27.